The van der Waals surface area contributed by atoms with Crippen molar-refractivity contribution in [1.29, 1.82) is 0 Å². The second kappa shape index (κ2) is 4.52. The van der Waals surface area contributed by atoms with Crippen LogP contribution in [-0.4, -0.2) is 33.3 Å². The van der Waals surface area contributed by atoms with Gasteiger partial charge in [0.05, 0.1) is 18.8 Å². The molecule has 2 rings (SSSR count). The summed E-state index contributed by atoms with van der Waals surface area (Å²) in [5, 5.41) is 19.9. The van der Waals surface area contributed by atoms with Crippen molar-refractivity contribution < 1.29 is 5.11 Å². The Balaban J connectivity index is 1.71. The van der Waals surface area contributed by atoms with Gasteiger partial charge in [0.1, 0.15) is 0 Å². The van der Waals surface area contributed by atoms with Crippen LogP contribution in [0.4, 0.5) is 0 Å². The van der Waals surface area contributed by atoms with Crippen LogP contribution in [0.2, 0.25) is 0 Å². The number of aliphatic hydroxyl groups is 1. The molecule has 0 bridgehead atoms. The lowest BCUT2D eigenvalue weighted by Gasteiger charge is -1.98. The van der Waals surface area contributed by atoms with Crippen LogP contribution in [0.15, 0.2) is 6.20 Å². The molecule has 5 heteroatoms. The minimum absolute atomic E-state index is 0.109. The Bertz CT molecular complexity index is 282. The van der Waals surface area contributed by atoms with E-state index in [9.17, 15) is 0 Å². The van der Waals surface area contributed by atoms with Crippen LogP contribution in [0.25, 0.3) is 0 Å². The molecule has 1 aliphatic rings. The maximum absolute atomic E-state index is 8.68. The largest absolute Gasteiger partial charge is 0.394 e. The van der Waals surface area contributed by atoms with E-state index in [1.54, 1.807) is 4.68 Å². The van der Waals surface area contributed by atoms with E-state index in [2.05, 4.69) is 15.6 Å². The highest BCUT2D eigenvalue weighted by molar-refractivity contribution is 4.92. The van der Waals surface area contributed by atoms with Gasteiger partial charge in [0.2, 0.25) is 0 Å². The monoisotopic (exact) mass is 196 g/mol. The average Bonchev–Trinajstić information content (AvgIpc) is 2.88. The SMILES string of the molecule is OCCn1cc(CNCC2CC2)nn1. The summed E-state index contributed by atoms with van der Waals surface area (Å²) in [6, 6.07) is 0. The Labute approximate surface area is 83.1 Å². The lowest BCUT2D eigenvalue weighted by Crippen LogP contribution is -2.16. The predicted octanol–water partition coefficient (Wildman–Crippen LogP) is -0.230. The van der Waals surface area contributed by atoms with Gasteiger partial charge in [0, 0.05) is 12.7 Å². The van der Waals surface area contributed by atoms with Gasteiger partial charge in [-0.3, -0.25) is 0 Å². The third-order valence-electron chi connectivity index (χ3n) is 2.35. The molecule has 0 unspecified atom stereocenters. The van der Waals surface area contributed by atoms with Crippen molar-refractivity contribution in [3.8, 4) is 0 Å². The maximum Gasteiger partial charge on any atom is 0.0964 e. The fourth-order valence-corrected chi connectivity index (χ4v) is 1.36. The normalized spacial score (nSPS) is 16.1. The zero-order chi connectivity index (χ0) is 9.80. The van der Waals surface area contributed by atoms with Crippen LogP contribution < -0.4 is 5.32 Å². The number of hydrogen-bond donors (Lipinski definition) is 2. The van der Waals surface area contributed by atoms with Crippen molar-refractivity contribution in [2.75, 3.05) is 13.2 Å². The van der Waals surface area contributed by atoms with E-state index >= 15 is 0 Å². The number of aliphatic hydroxyl groups excluding tert-OH is 1. The van der Waals surface area contributed by atoms with Crippen molar-refractivity contribution in [2.45, 2.75) is 25.9 Å². The first-order chi connectivity index (χ1) is 6.88. The van der Waals surface area contributed by atoms with Crippen molar-refractivity contribution in [3.05, 3.63) is 11.9 Å². The third kappa shape index (κ3) is 2.78. The van der Waals surface area contributed by atoms with Gasteiger partial charge in [-0.25, -0.2) is 4.68 Å². The highest BCUT2D eigenvalue weighted by atomic mass is 16.3. The molecule has 0 aliphatic heterocycles. The highest BCUT2D eigenvalue weighted by Crippen LogP contribution is 2.27. The van der Waals surface area contributed by atoms with E-state index < -0.39 is 0 Å². The first-order valence-electron chi connectivity index (χ1n) is 5.09. The van der Waals surface area contributed by atoms with Gasteiger partial charge >= 0.3 is 0 Å². The van der Waals surface area contributed by atoms with Crippen molar-refractivity contribution in [3.63, 3.8) is 0 Å². The molecule has 0 saturated heterocycles. The Hall–Kier alpha value is -0.940. The Morgan fingerprint density at radius 3 is 3.14 bits per heavy atom. The van der Waals surface area contributed by atoms with E-state index in [1.165, 1.54) is 12.8 Å². The van der Waals surface area contributed by atoms with Crippen LogP contribution >= 0.6 is 0 Å². The van der Waals surface area contributed by atoms with Gasteiger partial charge in [0.15, 0.2) is 0 Å². The fraction of sp³-hybridized carbons (Fsp3) is 0.778. The van der Waals surface area contributed by atoms with Gasteiger partial charge < -0.3 is 10.4 Å². The summed E-state index contributed by atoms with van der Waals surface area (Å²) in [5.41, 5.74) is 0.944. The molecule has 1 aromatic heterocycles. The predicted molar refractivity (Wildman–Crippen MR) is 51.5 cm³/mol. The van der Waals surface area contributed by atoms with Crippen LogP contribution in [0.5, 0.6) is 0 Å². The van der Waals surface area contributed by atoms with E-state index in [0.29, 0.717) is 6.54 Å². The fourth-order valence-electron chi connectivity index (χ4n) is 1.36. The number of aromatic nitrogens is 3. The van der Waals surface area contributed by atoms with Crippen LogP contribution in [0.3, 0.4) is 0 Å². The van der Waals surface area contributed by atoms with E-state index in [4.69, 9.17) is 5.11 Å². The van der Waals surface area contributed by atoms with Gasteiger partial charge in [-0.15, -0.1) is 5.10 Å². The molecule has 5 nitrogen and oxygen atoms in total. The van der Waals surface area contributed by atoms with Crippen molar-refractivity contribution >= 4 is 0 Å². The summed E-state index contributed by atoms with van der Waals surface area (Å²) in [7, 11) is 0. The minimum atomic E-state index is 0.109. The second-order valence-electron chi connectivity index (χ2n) is 3.77. The number of nitrogens with one attached hydrogen (secondary N) is 1. The first-order valence-corrected chi connectivity index (χ1v) is 5.09. The lowest BCUT2D eigenvalue weighted by atomic mass is 10.4. The molecule has 1 aromatic rings. The molecule has 0 radical (unpaired) electrons. The molecule has 0 atom stereocenters. The Morgan fingerprint density at radius 2 is 2.43 bits per heavy atom. The summed E-state index contributed by atoms with van der Waals surface area (Å²) >= 11 is 0. The zero-order valence-corrected chi connectivity index (χ0v) is 8.19. The molecule has 1 aliphatic carbocycles. The van der Waals surface area contributed by atoms with Crippen LogP contribution in [0.1, 0.15) is 18.5 Å². The van der Waals surface area contributed by atoms with E-state index in [0.717, 1.165) is 24.7 Å². The zero-order valence-electron chi connectivity index (χ0n) is 8.19. The smallest absolute Gasteiger partial charge is 0.0964 e. The van der Waals surface area contributed by atoms with E-state index in [-0.39, 0.29) is 6.61 Å². The molecule has 2 N–H and O–H groups in total. The average molecular weight is 196 g/mol. The minimum Gasteiger partial charge on any atom is -0.394 e. The quantitative estimate of drug-likeness (QED) is 0.659. The van der Waals surface area contributed by atoms with E-state index in [1.807, 2.05) is 6.20 Å². The molecule has 78 valence electrons. The molecule has 0 spiro atoms. The maximum atomic E-state index is 8.68. The lowest BCUT2D eigenvalue weighted by molar-refractivity contribution is 0.268. The molecule has 1 saturated carbocycles. The number of hydrogen-bond acceptors (Lipinski definition) is 4. The Kier molecular flexibility index (Phi) is 3.10. The molecule has 14 heavy (non-hydrogen) atoms. The summed E-state index contributed by atoms with van der Waals surface area (Å²) in [4.78, 5) is 0. The third-order valence-corrected chi connectivity index (χ3v) is 2.35. The summed E-state index contributed by atoms with van der Waals surface area (Å²) in [5.74, 6) is 0.891. The molecule has 1 heterocycles. The van der Waals surface area contributed by atoms with Gasteiger partial charge in [0.25, 0.3) is 0 Å². The van der Waals surface area contributed by atoms with Crippen molar-refractivity contribution in [1.82, 2.24) is 20.3 Å². The second-order valence-corrected chi connectivity index (χ2v) is 3.77. The van der Waals surface area contributed by atoms with Crippen LogP contribution in [-0.2, 0) is 13.1 Å². The first kappa shape index (κ1) is 9.61. The highest BCUT2D eigenvalue weighted by Gasteiger charge is 2.20. The molecular weight excluding hydrogens is 180 g/mol. The molecule has 0 amide bonds. The standard InChI is InChI=1S/C9H16N4O/c14-4-3-13-7-9(11-12-13)6-10-5-8-1-2-8/h7-8,10,14H,1-6H2. The van der Waals surface area contributed by atoms with Gasteiger partial charge in [-0.2, -0.15) is 0 Å². The number of rotatable bonds is 6. The molecule has 1 fully saturated rings. The van der Waals surface area contributed by atoms with Gasteiger partial charge in [-0.1, -0.05) is 5.21 Å². The number of nitrogens with zero attached hydrogens (tertiary/aromatic N) is 3. The Morgan fingerprint density at radius 1 is 1.57 bits per heavy atom. The van der Waals surface area contributed by atoms with Crippen molar-refractivity contribution in [2.24, 2.45) is 5.92 Å². The summed E-state index contributed by atoms with van der Waals surface area (Å²) in [6.45, 7) is 2.50. The molecule has 0 aromatic carbocycles. The van der Waals surface area contributed by atoms with Gasteiger partial charge in [-0.05, 0) is 25.3 Å². The van der Waals surface area contributed by atoms with Crippen LogP contribution in [0, 0.1) is 5.92 Å². The topological polar surface area (TPSA) is 63.0 Å². The molecular formula is C9H16N4O. The summed E-state index contributed by atoms with van der Waals surface area (Å²) in [6.07, 6.45) is 4.60. The summed E-state index contributed by atoms with van der Waals surface area (Å²) < 4.78 is 1.66.